The van der Waals surface area contributed by atoms with Crippen molar-refractivity contribution in [3.8, 4) is 17.2 Å². The van der Waals surface area contributed by atoms with E-state index in [1.165, 1.54) is 0 Å². The van der Waals surface area contributed by atoms with Crippen LogP contribution in [0.2, 0.25) is 0 Å². The van der Waals surface area contributed by atoms with E-state index in [-0.39, 0.29) is 30.3 Å². The lowest BCUT2D eigenvalue weighted by molar-refractivity contribution is -0.142. The number of methoxy groups -OCH3 is 2. The van der Waals surface area contributed by atoms with Gasteiger partial charge < -0.3 is 28.7 Å². The summed E-state index contributed by atoms with van der Waals surface area (Å²) in [6.45, 7) is 6.09. The highest BCUT2D eigenvalue weighted by atomic mass is 16.5. The molecular formula is C28H36N2O6. The first kappa shape index (κ1) is 25.8. The Morgan fingerprint density at radius 1 is 1.03 bits per heavy atom. The van der Waals surface area contributed by atoms with E-state index in [0.717, 1.165) is 22.4 Å². The number of ether oxygens (including phenoxy) is 4. The summed E-state index contributed by atoms with van der Waals surface area (Å²) in [4.78, 5) is 30.3. The average Bonchev–Trinajstić information content (AvgIpc) is 2.88. The average molecular weight is 497 g/mol. The molecule has 1 unspecified atom stereocenters. The molecule has 8 nitrogen and oxygen atoms in total. The van der Waals surface area contributed by atoms with Crippen molar-refractivity contribution in [3.05, 3.63) is 53.1 Å². The van der Waals surface area contributed by atoms with Gasteiger partial charge in [-0.2, -0.15) is 0 Å². The maximum absolute atomic E-state index is 13.8. The zero-order chi connectivity index (χ0) is 25.7. The Labute approximate surface area is 213 Å². The van der Waals surface area contributed by atoms with Gasteiger partial charge in [-0.1, -0.05) is 26.0 Å². The largest absolute Gasteiger partial charge is 0.493 e. The Hall–Kier alpha value is -3.26. The summed E-state index contributed by atoms with van der Waals surface area (Å²) in [6, 6.07) is 11.5. The summed E-state index contributed by atoms with van der Waals surface area (Å²) in [5.74, 6) is 2.11. The molecule has 194 valence electrons. The van der Waals surface area contributed by atoms with Gasteiger partial charge in [0.15, 0.2) is 11.5 Å². The molecule has 0 aliphatic carbocycles. The van der Waals surface area contributed by atoms with Crippen molar-refractivity contribution >= 4 is 11.8 Å². The highest BCUT2D eigenvalue weighted by Crippen LogP contribution is 2.41. The first-order chi connectivity index (χ1) is 17.4. The van der Waals surface area contributed by atoms with Gasteiger partial charge in [0.1, 0.15) is 12.4 Å². The fraction of sp³-hybridized carbons (Fsp3) is 0.500. The topological polar surface area (TPSA) is 77.5 Å². The van der Waals surface area contributed by atoms with Gasteiger partial charge in [-0.3, -0.25) is 9.59 Å². The molecule has 0 spiro atoms. The minimum atomic E-state index is -0.321. The molecule has 2 amide bonds. The van der Waals surface area contributed by atoms with E-state index in [9.17, 15) is 9.59 Å². The summed E-state index contributed by atoms with van der Waals surface area (Å²) in [6.07, 6.45) is 1.07. The molecule has 36 heavy (non-hydrogen) atoms. The molecule has 0 saturated carbocycles. The van der Waals surface area contributed by atoms with Crippen LogP contribution >= 0.6 is 0 Å². The lowest BCUT2D eigenvalue weighted by Crippen LogP contribution is -2.48. The van der Waals surface area contributed by atoms with E-state index in [1.54, 1.807) is 19.1 Å². The molecule has 0 N–H and O–H groups in total. The molecule has 2 bridgehead atoms. The number of amides is 2. The molecule has 8 heteroatoms. The van der Waals surface area contributed by atoms with Crippen LogP contribution in [0, 0.1) is 5.92 Å². The zero-order valence-electron chi connectivity index (χ0n) is 21.6. The third-order valence-electron chi connectivity index (χ3n) is 6.65. The fourth-order valence-electron chi connectivity index (χ4n) is 4.84. The molecule has 3 heterocycles. The second-order valence-electron chi connectivity index (χ2n) is 9.59. The third-order valence-corrected chi connectivity index (χ3v) is 6.65. The minimum absolute atomic E-state index is 0.0165. The van der Waals surface area contributed by atoms with Gasteiger partial charge in [-0.15, -0.1) is 0 Å². The lowest BCUT2D eigenvalue weighted by atomic mass is 9.87. The van der Waals surface area contributed by atoms with Crippen LogP contribution in [-0.4, -0.2) is 75.3 Å². The molecule has 1 atom stereocenters. The lowest BCUT2D eigenvalue weighted by Gasteiger charge is -2.39. The summed E-state index contributed by atoms with van der Waals surface area (Å²) >= 11 is 0. The van der Waals surface area contributed by atoms with Crippen molar-refractivity contribution < 1.29 is 28.5 Å². The van der Waals surface area contributed by atoms with Gasteiger partial charge in [0.05, 0.1) is 40.0 Å². The SMILES string of the molecule is COc1cc2c(cc1OC)C1c3ccc(cc3)OCCOCCN(C(=O)CC(C)C)CC(=O)N1CC2. The Kier molecular flexibility index (Phi) is 8.36. The van der Waals surface area contributed by atoms with Gasteiger partial charge in [0.2, 0.25) is 11.8 Å². The Morgan fingerprint density at radius 3 is 2.44 bits per heavy atom. The normalized spacial score (nSPS) is 18.6. The Morgan fingerprint density at radius 2 is 1.75 bits per heavy atom. The third kappa shape index (κ3) is 5.75. The van der Waals surface area contributed by atoms with E-state index < -0.39 is 0 Å². The van der Waals surface area contributed by atoms with Crippen molar-refractivity contribution in [2.45, 2.75) is 32.7 Å². The molecule has 0 radical (unpaired) electrons. The van der Waals surface area contributed by atoms with Crippen LogP contribution < -0.4 is 14.2 Å². The minimum Gasteiger partial charge on any atom is -0.493 e. The zero-order valence-corrected chi connectivity index (χ0v) is 21.6. The highest BCUT2D eigenvalue weighted by Gasteiger charge is 2.34. The maximum Gasteiger partial charge on any atom is 0.242 e. The van der Waals surface area contributed by atoms with Crippen molar-refractivity contribution in [1.29, 1.82) is 0 Å². The molecule has 2 aromatic carbocycles. The van der Waals surface area contributed by atoms with E-state index in [4.69, 9.17) is 18.9 Å². The number of nitrogens with zero attached hydrogens (tertiary/aromatic N) is 2. The molecule has 0 saturated heterocycles. The van der Waals surface area contributed by atoms with Crippen LogP contribution in [0.4, 0.5) is 0 Å². The predicted molar refractivity (Wildman–Crippen MR) is 136 cm³/mol. The first-order valence-electron chi connectivity index (χ1n) is 12.5. The molecule has 5 rings (SSSR count). The monoisotopic (exact) mass is 496 g/mol. The fourth-order valence-corrected chi connectivity index (χ4v) is 4.84. The van der Waals surface area contributed by atoms with Crippen molar-refractivity contribution in [2.75, 3.05) is 53.7 Å². The molecule has 0 aromatic heterocycles. The van der Waals surface area contributed by atoms with E-state index in [2.05, 4.69) is 0 Å². The van der Waals surface area contributed by atoms with E-state index in [0.29, 0.717) is 57.3 Å². The second kappa shape index (κ2) is 11.6. The first-order valence-corrected chi connectivity index (χ1v) is 12.5. The predicted octanol–water partition coefficient (Wildman–Crippen LogP) is 3.46. The van der Waals surface area contributed by atoms with Gasteiger partial charge in [-0.05, 0) is 53.3 Å². The number of fused-ring (bicyclic) bond motifs is 11. The molecule has 2 aromatic rings. The molecule has 3 aliphatic rings. The number of carbonyl (C=O) groups is 2. The summed E-state index contributed by atoms with van der Waals surface area (Å²) in [7, 11) is 3.23. The maximum atomic E-state index is 13.8. The van der Waals surface area contributed by atoms with Crippen LogP contribution in [0.5, 0.6) is 17.2 Å². The van der Waals surface area contributed by atoms with Crippen LogP contribution in [0.15, 0.2) is 36.4 Å². The Balaban J connectivity index is 1.74. The van der Waals surface area contributed by atoms with E-state index >= 15 is 0 Å². The van der Waals surface area contributed by atoms with Gasteiger partial charge in [-0.25, -0.2) is 0 Å². The molecule has 3 aliphatic heterocycles. The van der Waals surface area contributed by atoms with Crippen LogP contribution in [-0.2, 0) is 20.7 Å². The van der Waals surface area contributed by atoms with Gasteiger partial charge in [0, 0.05) is 19.5 Å². The quantitative estimate of drug-likeness (QED) is 0.604. The van der Waals surface area contributed by atoms with Gasteiger partial charge >= 0.3 is 0 Å². The Bertz CT molecular complexity index is 1070. The van der Waals surface area contributed by atoms with Crippen molar-refractivity contribution in [3.63, 3.8) is 0 Å². The number of carbonyl (C=O) groups excluding carboxylic acids is 2. The summed E-state index contributed by atoms with van der Waals surface area (Å²) in [5.41, 5.74) is 3.07. The van der Waals surface area contributed by atoms with Crippen LogP contribution in [0.1, 0.15) is 43.0 Å². The number of hydrogen-bond donors (Lipinski definition) is 0. The summed E-state index contributed by atoms with van der Waals surface area (Å²) < 4.78 is 22.6. The number of rotatable bonds is 4. The standard InChI is InChI=1S/C28H36N2O6/c1-19(2)15-26(31)29-11-12-35-13-14-36-22-7-5-20(6-8-22)28-23-17-25(34-4)24(33-3)16-21(23)9-10-30(28)27(32)18-29/h5-8,16-17,19,28H,9-15,18H2,1-4H3. The van der Waals surface area contributed by atoms with Gasteiger partial charge in [0.25, 0.3) is 0 Å². The van der Waals surface area contributed by atoms with Crippen LogP contribution in [0.25, 0.3) is 0 Å². The second-order valence-corrected chi connectivity index (χ2v) is 9.59. The smallest absolute Gasteiger partial charge is 0.242 e. The van der Waals surface area contributed by atoms with Crippen molar-refractivity contribution in [2.24, 2.45) is 5.92 Å². The summed E-state index contributed by atoms with van der Waals surface area (Å²) in [5, 5.41) is 0. The van der Waals surface area contributed by atoms with Crippen molar-refractivity contribution in [1.82, 2.24) is 9.80 Å². The molecule has 0 fully saturated rings. The number of hydrogen-bond acceptors (Lipinski definition) is 6. The number of benzene rings is 2. The van der Waals surface area contributed by atoms with Crippen LogP contribution in [0.3, 0.4) is 0 Å². The molecular weight excluding hydrogens is 460 g/mol. The highest BCUT2D eigenvalue weighted by molar-refractivity contribution is 5.85. The van der Waals surface area contributed by atoms with E-state index in [1.807, 2.05) is 55.1 Å².